The fourth-order valence-corrected chi connectivity index (χ4v) is 2.70. The van der Waals surface area contributed by atoms with Crippen molar-refractivity contribution in [2.75, 3.05) is 0 Å². The lowest BCUT2D eigenvalue weighted by Gasteiger charge is -2.33. The average molecular weight is 182 g/mol. The average Bonchev–Trinajstić information content (AvgIpc) is 2.02. The van der Waals surface area contributed by atoms with Crippen LogP contribution in [0.2, 0.25) is 0 Å². The molecule has 0 aliphatic heterocycles. The largest absolute Gasteiger partial charge is 0.0628 e. The van der Waals surface area contributed by atoms with Gasteiger partial charge in [0.1, 0.15) is 0 Å². The van der Waals surface area contributed by atoms with Crippen LogP contribution in [-0.2, 0) is 0 Å². The van der Waals surface area contributed by atoms with E-state index in [0.717, 1.165) is 23.7 Å². The highest BCUT2D eigenvalue weighted by Gasteiger charge is 2.24. The molecule has 0 spiro atoms. The van der Waals surface area contributed by atoms with Gasteiger partial charge in [0, 0.05) is 0 Å². The molecule has 0 aromatic rings. The van der Waals surface area contributed by atoms with E-state index >= 15 is 0 Å². The summed E-state index contributed by atoms with van der Waals surface area (Å²) in [4.78, 5) is 0. The SMILES string of the molecule is CC(C)CCC1CCC(C)CC1C. The molecule has 3 atom stereocenters. The molecule has 0 heterocycles. The zero-order chi connectivity index (χ0) is 9.84. The molecule has 1 aliphatic carbocycles. The molecule has 0 radical (unpaired) electrons. The van der Waals surface area contributed by atoms with Crippen LogP contribution in [0, 0.1) is 23.7 Å². The Bertz CT molecular complexity index is 137. The van der Waals surface area contributed by atoms with Crippen LogP contribution in [-0.4, -0.2) is 0 Å². The minimum absolute atomic E-state index is 0.895. The molecule has 1 saturated carbocycles. The molecular weight excluding hydrogens is 156 g/mol. The van der Waals surface area contributed by atoms with Gasteiger partial charge >= 0.3 is 0 Å². The number of rotatable bonds is 3. The van der Waals surface area contributed by atoms with Gasteiger partial charge in [-0.3, -0.25) is 0 Å². The molecule has 0 bridgehead atoms. The van der Waals surface area contributed by atoms with E-state index in [1.165, 1.54) is 32.1 Å². The van der Waals surface area contributed by atoms with Crippen LogP contribution in [0.1, 0.15) is 59.8 Å². The molecule has 3 unspecified atom stereocenters. The summed E-state index contributed by atoms with van der Waals surface area (Å²) < 4.78 is 0. The number of hydrogen-bond donors (Lipinski definition) is 0. The van der Waals surface area contributed by atoms with Crippen molar-refractivity contribution in [2.24, 2.45) is 23.7 Å². The van der Waals surface area contributed by atoms with Gasteiger partial charge in [0.2, 0.25) is 0 Å². The zero-order valence-electron chi connectivity index (χ0n) is 9.84. The van der Waals surface area contributed by atoms with E-state index in [1.54, 1.807) is 0 Å². The summed E-state index contributed by atoms with van der Waals surface area (Å²) in [7, 11) is 0. The second kappa shape index (κ2) is 5.02. The third-order valence-electron chi connectivity index (χ3n) is 3.72. The molecule has 13 heavy (non-hydrogen) atoms. The molecule has 0 aromatic heterocycles. The first kappa shape index (κ1) is 11.1. The molecule has 0 saturated heterocycles. The lowest BCUT2D eigenvalue weighted by Crippen LogP contribution is -2.21. The smallest absolute Gasteiger partial charge is 0.0388 e. The molecule has 0 nitrogen and oxygen atoms in total. The van der Waals surface area contributed by atoms with E-state index in [4.69, 9.17) is 0 Å². The van der Waals surface area contributed by atoms with Crippen LogP contribution in [0.4, 0.5) is 0 Å². The minimum atomic E-state index is 0.895. The second-order valence-electron chi connectivity index (χ2n) is 5.63. The highest BCUT2D eigenvalue weighted by Crippen LogP contribution is 2.36. The normalized spacial score (nSPS) is 35.3. The maximum atomic E-state index is 2.46. The van der Waals surface area contributed by atoms with Crippen molar-refractivity contribution in [3.05, 3.63) is 0 Å². The van der Waals surface area contributed by atoms with Crippen molar-refractivity contribution < 1.29 is 0 Å². The summed E-state index contributed by atoms with van der Waals surface area (Å²) >= 11 is 0. The Hall–Kier alpha value is 0. The van der Waals surface area contributed by atoms with Gasteiger partial charge in [-0.05, 0) is 42.9 Å². The van der Waals surface area contributed by atoms with Gasteiger partial charge in [0.05, 0.1) is 0 Å². The van der Waals surface area contributed by atoms with E-state index < -0.39 is 0 Å². The Morgan fingerprint density at radius 1 is 1.15 bits per heavy atom. The van der Waals surface area contributed by atoms with Gasteiger partial charge < -0.3 is 0 Å². The Kier molecular flexibility index (Phi) is 4.28. The van der Waals surface area contributed by atoms with Crippen molar-refractivity contribution in [1.29, 1.82) is 0 Å². The van der Waals surface area contributed by atoms with Gasteiger partial charge in [0.15, 0.2) is 0 Å². The second-order valence-corrected chi connectivity index (χ2v) is 5.63. The van der Waals surface area contributed by atoms with Crippen molar-refractivity contribution >= 4 is 0 Å². The first-order valence-corrected chi connectivity index (χ1v) is 6.09. The van der Waals surface area contributed by atoms with Gasteiger partial charge in [-0.15, -0.1) is 0 Å². The van der Waals surface area contributed by atoms with Gasteiger partial charge in [-0.1, -0.05) is 40.5 Å². The van der Waals surface area contributed by atoms with Gasteiger partial charge in [0.25, 0.3) is 0 Å². The topological polar surface area (TPSA) is 0 Å². The first-order chi connectivity index (χ1) is 6.09. The predicted molar refractivity (Wildman–Crippen MR) is 59.7 cm³/mol. The van der Waals surface area contributed by atoms with Crippen LogP contribution < -0.4 is 0 Å². The Morgan fingerprint density at radius 3 is 2.38 bits per heavy atom. The molecule has 0 aromatic carbocycles. The summed E-state index contributed by atoms with van der Waals surface area (Å²) in [6.45, 7) is 9.56. The van der Waals surface area contributed by atoms with E-state index in [9.17, 15) is 0 Å². The maximum Gasteiger partial charge on any atom is -0.0388 e. The molecule has 1 aliphatic rings. The molecule has 0 heteroatoms. The summed E-state index contributed by atoms with van der Waals surface area (Å²) in [6, 6.07) is 0. The lowest BCUT2D eigenvalue weighted by atomic mass is 9.73. The summed E-state index contributed by atoms with van der Waals surface area (Å²) in [5, 5.41) is 0. The number of hydrogen-bond acceptors (Lipinski definition) is 0. The van der Waals surface area contributed by atoms with Gasteiger partial charge in [-0.25, -0.2) is 0 Å². The van der Waals surface area contributed by atoms with Gasteiger partial charge in [-0.2, -0.15) is 0 Å². The van der Waals surface area contributed by atoms with Crippen LogP contribution in [0.15, 0.2) is 0 Å². The van der Waals surface area contributed by atoms with Crippen molar-refractivity contribution in [3.8, 4) is 0 Å². The molecule has 0 N–H and O–H groups in total. The van der Waals surface area contributed by atoms with Crippen LogP contribution in [0.3, 0.4) is 0 Å². The first-order valence-electron chi connectivity index (χ1n) is 6.09. The highest BCUT2D eigenvalue weighted by atomic mass is 14.3. The van der Waals surface area contributed by atoms with E-state index in [2.05, 4.69) is 27.7 Å². The maximum absolute atomic E-state index is 2.46. The highest BCUT2D eigenvalue weighted by molar-refractivity contribution is 4.76. The molecule has 1 rings (SSSR count). The fourth-order valence-electron chi connectivity index (χ4n) is 2.70. The fraction of sp³-hybridized carbons (Fsp3) is 1.00. The monoisotopic (exact) mass is 182 g/mol. The molecule has 0 amide bonds. The molecular formula is C13H26. The Labute approximate surface area is 84.1 Å². The predicted octanol–water partition coefficient (Wildman–Crippen LogP) is 4.49. The van der Waals surface area contributed by atoms with Crippen molar-refractivity contribution in [3.63, 3.8) is 0 Å². The van der Waals surface area contributed by atoms with Crippen LogP contribution in [0.5, 0.6) is 0 Å². The van der Waals surface area contributed by atoms with E-state index in [0.29, 0.717) is 0 Å². The zero-order valence-corrected chi connectivity index (χ0v) is 9.84. The van der Waals surface area contributed by atoms with Crippen molar-refractivity contribution in [2.45, 2.75) is 59.8 Å². The summed E-state index contributed by atoms with van der Waals surface area (Å²) in [5.41, 5.74) is 0. The molecule has 78 valence electrons. The van der Waals surface area contributed by atoms with E-state index in [-0.39, 0.29) is 0 Å². The molecule has 1 fully saturated rings. The van der Waals surface area contributed by atoms with Crippen molar-refractivity contribution in [1.82, 2.24) is 0 Å². The summed E-state index contributed by atoms with van der Waals surface area (Å²) in [5.74, 6) is 3.91. The quantitative estimate of drug-likeness (QED) is 0.603. The lowest BCUT2D eigenvalue weighted by molar-refractivity contribution is 0.186. The summed E-state index contributed by atoms with van der Waals surface area (Å²) in [6.07, 6.45) is 7.36. The van der Waals surface area contributed by atoms with Crippen LogP contribution >= 0.6 is 0 Å². The third-order valence-corrected chi connectivity index (χ3v) is 3.72. The van der Waals surface area contributed by atoms with E-state index in [1.807, 2.05) is 0 Å². The standard InChI is InChI=1S/C13H26/c1-10(2)5-7-13-8-6-11(3)9-12(13)4/h10-13H,5-9H2,1-4H3. The Morgan fingerprint density at radius 2 is 1.85 bits per heavy atom. The Balaban J connectivity index is 2.25. The minimum Gasteiger partial charge on any atom is -0.0628 e. The van der Waals surface area contributed by atoms with Crippen LogP contribution in [0.25, 0.3) is 0 Å². The third kappa shape index (κ3) is 3.70.